The maximum atomic E-state index is 12.1. The van der Waals surface area contributed by atoms with Gasteiger partial charge in [-0.25, -0.2) is 0 Å². The summed E-state index contributed by atoms with van der Waals surface area (Å²) in [7, 11) is 0. The molecule has 2 N–H and O–H groups in total. The molecule has 128 valence electrons. The maximum absolute atomic E-state index is 12.1. The van der Waals surface area contributed by atoms with Gasteiger partial charge in [0, 0.05) is 44.3 Å². The lowest BCUT2D eigenvalue weighted by atomic mass is 10.1. The number of phenolic OH excluding ortho intramolecular Hbond substituents is 1. The van der Waals surface area contributed by atoms with Gasteiger partial charge < -0.3 is 20.2 Å². The number of halogens is 1. The predicted octanol–water partition coefficient (Wildman–Crippen LogP) is 2.05. The van der Waals surface area contributed by atoms with E-state index in [1.54, 1.807) is 12.1 Å². The molecule has 1 fully saturated rings. The quantitative estimate of drug-likeness (QED) is 0.833. The van der Waals surface area contributed by atoms with Crippen molar-refractivity contribution in [3.63, 3.8) is 0 Å². The topological polar surface area (TPSA) is 55.8 Å². The highest BCUT2D eigenvalue weighted by Crippen LogP contribution is 2.21. The van der Waals surface area contributed by atoms with E-state index in [4.69, 9.17) is 11.6 Å². The van der Waals surface area contributed by atoms with Crippen LogP contribution in [0.4, 0.5) is 0 Å². The number of hydrogen-bond donors (Lipinski definition) is 2. The van der Waals surface area contributed by atoms with E-state index in [0.717, 1.165) is 39.3 Å². The third-order valence-corrected chi connectivity index (χ3v) is 4.53. The van der Waals surface area contributed by atoms with Gasteiger partial charge in [0.2, 0.25) is 0 Å². The number of rotatable bonds is 6. The molecule has 6 heteroatoms. The van der Waals surface area contributed by atoms with Crippen LogP contribution in [0.1, 0.15) is 24.2 Å². The Morgan fingerprint density at radius 1 is 1.30 bits per heavy atom. The standard InChI is InChI=1S/C17H26ClN3O2/c1-3-20-6-8-21(9-7-20)12-13(2)11-19-17(23)15-5-4-14(18)10-16(15)22/h4-5,10,13,22H,3,6-9,11-12H2,1-2H3,(H,19,23). The third-order valence-electron chi connectivity index (χ3n) is 4.30. The van der Waals surface area contributed by atoms with Crippen molar-refractivity contribution in [1.29, 1.82) is 0 Å². The van der Waals surface area contributed by atoms with Crippen molar-refractivity contribution in [3.8, 4) is 5.75 Å². The van der Waals surface area contributed by atoms with E-state index in [9.17, 15) is 9.90 Å². The van der Waals surface area contributed by atoms with Gasteiger partial charge in [0.05, 0.1) is 5.56 Å². The van der Waals surface area contributed by atoms with Gasteiger partial charge in [-0.2, -0.15) is 0 Å². The summed E-state index contributed by atoms with van der Waals surface area (Å²) in [5.74, 6) is 0.0155. The van der Waals surface area contributed by atoms with Gasteiger partial charge in [-0.1, -0.05) is 25.4 Å². The number of likely N-dealkylation sites (N-methyl/N-ethyl adjacent to an activating group) is 1. The highest BCUT2D eigenvalue weighted by molar-refractivity contribution is 6.30. The predicted molar refractivity (Wildman–Crippen MR) is 93.2 cm³/mol. The van der Waals surface area contributed by atoms with Gasteiger partial charge >= 0.3 is 0 Å². The van der Waals surface area contributed by atoms with Crippen LogP contribution >= 0.6 is 11.6 Å². The first-order valence-electron chi connectivity index (χ1n) is 8.21. The van der Waals surface area contributed by atoms with Crippen molar-refractivity contribution in [2.45, 2.75) is 13.8 Å². The van der Waals surface area contributed by atoms with Crippen LogP contribution < -0.4 is 5.32 Å². The second-order valence-corrected chi connectivity index (χ2v) is 6.65. The summed E-state index contributed by atoms with van der Waals surface area (Å²) in [5.41, 5.74) is 0.262. The summed E-state index contributed by atoms with van der Waals surface area (Å²) in [5, 5.41) is 13.1. The molecular formula is C17H26ClN3O2. The van der Waals surface area contributed by atoms with Crippen LogP contribution in [0, 0.1) is 5.92 Å². The van der Waals surface area contributed by atoms with Crippen molar-refractivity contribution in [2.24, 2.45) is 5.92 Å². The first kappa shape index (κ1) is 18.0. The van der Waals surface area contributed by atoms with Crippen LogP contribution in [0.15, 0.2) is 18.2 Å². The van der Waals surface area contributed by atoms with Gasteiger partial charge in [0.25, 0.3) is 5.91 Å². The first-order valence-corrected chi connectivity index (χ1v) is 8.58. The minimum atomic E-state index is -0.262. The summed E-state index contributed by atoms with van der Waals surface area (Å²) in [6, 6.07) is 4.53. The zero-order valence-corrected chi connectivity index (χ0v) is 14.6. The Morgan fingerprint density at radius 3 is 2.57 bits per heavy atom. The van der Waals surface area contributed by atoms with E-state index in [1.165, 1.54) is 6.07 Å². The minimum Gasteiger partial charge on any atom is -0.507 e. The monoisotopic (exact) mass is 339 g/mol. The average Bonchev–Trinajstić information content (AvgIpc) is 2.53. The van der Waals surface area contributed by atoms with E-state index >= 15 is 0 Å². The molecular weight excluding hydrogens is 314 g/mol. The molecule has 1 unspecified atom stereocenters. The maximum Gasteiger partial charge on any atom is 0.255 e. The van der Waals surface area contributed by atoms with Gasteiger partial charge in [0.1, 0.15) is 5.75 Å². The Hall–Kier alpha value is -1.30. The summed E-state index contributed by atoms with van der Waals surface area (Å²) < 4.78 is 0. The molecule has 1 heterocycles. The lowest BCUT2D eigenvalue weighted by Gasteiger charge is -2.35. The van der Waals surface area contributed by atoms with E-state index in [0.29, 0.717) is 17.5 Å². The molecule has 1 aliphatic heterocycles. The van der Waals surface area contributed by atoms with Crippen LogP contribution in [0.5, 0.6) is 5.75 Å². The lowest BCUT2D eigenvalue weighted by Crippen LogP contribution is -2.48. The van der Waals surface area contributed by atoms with Gasteiger partial charge in [-0.15, -0.1) is 0 Å². The molecule has 1 saturated heterocycles. The highest BCUT2D eigenvalue weighted by Gasteiger charge is 2.18. The number of hydrogen-bond acceptors (Lipinski definition) is 4. The molecule has 1 amide bonds. The number of carbonyl (C=O) groups excluding carboxylic acids is 1. The van der Waals surface area contributed by atoms with Crippen LogP contribution in [0.3, 0.4) is 0 Å². The SMILES string of the molecule is CCN1CCN(CC(C)CNC(=O)c2ccc(Cl)cc2O)CC1. The zero-order valence-electron chi connectivity index (χ0n) is 13.9. The molecule has 5 nitrogen and oxygen atoms in total. The molecule has 1 atom stereocenters. The Bertz CT molecular complexity index is 531. The fourth-order valence-corrected chi connectivity index (χ4v) is 3.02. The summed E-state index contributed by atoms with van der Waals surface area (Å²) >= 11 is 5.78. The molecule has 1 aliphatic rings. The molecule has 23 heavy (non-hydrogen) atoms. The Morgan fingerprint density at radius 2 is 1.96 bits per heavy atom. The highest BCUT2D eigenvalue weighted by atomic mass is 35.5. The summed E-state index contributed by atoms with van der Waals surface area (Å²) in [4.78, 5) is 17.0. The number of aromatic hydroxyl groups is 1. The molecule has 0 radical (unpaired) electrons. The van der Waals surface area contributed by atoms with Gasteiger partial charge in [0.15, 0.2) is 0 Å². The third kappa shape index (κ3) is 5.37. The van der Waals surface area contributed by atoms with Crippen molar-refractivity contribution in [1.82, 2.24) is 15.1 Å². The fourth-order valence-electron chi connectivity index (χ4n) is 2.85. The molecule has 0 spiro atoms. The van der Waals surface area contributed by atoms with Gasteiger partial charge in [-0.3, -0.25) is 4.79 Å². The van der Waals surface area contributed by atoms with E-state index < -0.39 is 0 Å². The van der Waals surface area contributed by atoms with Crippen molar-refractivity contribution >= 4 is 17.5 Å². The van der Waals surface area contributed by atoms with Crippen molar-refractivity contribution in [2.75, 3.05) is 45.8 Å². The molecule has 0 aliphatic carbocycles. The number of nitrogens with zero attached hydrogens (tertiary/aromatic N) is 2. The van der Waals surface area contributed by atoms with Crippen molar-refractivity contribution in [3.05, 3.63) is 28.8 Å². The van der Waals surface area contributed by atoms with E-state index in [2.05, 4.69) is 29.0 Å². The van der Waals surface area contributed by atoms with E-state index in [-0.39, 0.29) is 17.2 Å². The largest absolute Gasteiger partial charge is 0.507 e. The van der Waals surface area contributed by atoms with Crippen LogP contribution in [-0.4, -0.2) is 66.6 Å². The van der Waals surface area contributed by atoms with Gasteiger partial charge in [-0.05, 0) is 30.7 Å². The van der Waals surface area contributed by atoms with Crippen LogP contribution in [0.25, 0.3) is 0 Å². The summed E-state index contributed by atoms with van der Waals surface area (Å²) in [6.45, 7) is 11.4. The molecule has 0 bridgehead atoms. The second kappa shape index (κ2) is 8.52. The number of benzene rings is 1. The Labute approximate surface area is 143 Å². The smallest absolute Gasteiger partial charge is 0.255 e. The Balaban J connectivity index is 1.75. The fraction of sp³-hybridized carbons (Fsp3) is 0.588. The number of phenols is 1. The number of piperazine rings is 1. The van der Waals surface area contributed by atoms with Crippen LogP contribution in [-0.2, 0) is 0 Å². The summed E-state index contributed by atoms with van der Waals surface area (Å²) in [6.07, 6.45) is 0. The molecule has 0 aromatic heterocycles. The van der Waals surface area contributed by atoms with Crippen LogP contribution in [0.2, 0.25) is 5.02 Å². The number of carbonyl (C=O) groups is 1. The van der Waals surface area contributed by atoms with Crippen molar-refractivity contribution < 1.29 is 9.90 Å². The lowest BCUT2D eigenvalue weighted by molar-refractivity contribution is 0.0931. The normalized spacial score (nSPS) is 17.9. The number of nitrogens with one attached hydrogen (secondary N) is 1. The zero-order chi connectivity index (χ0) is 16.8. The number of amides is 1. The molecule has 1 aromatic rings. The average molecular weight is 340 g/mol. The first-order chi connectivity index (χ1) is 11.0. The molecule has 0 saturated carbocycles. The second-order valence-electron chi connectivity index (χ2n) is 6.21. The Kier molecular flexibility index (Phi) is 6.69. The van der Waals surface area contributed by atoms with E-state index in [1.807, 2.05) is 0 Å². The molecule has 1 aromatic carbocycles. The minimum absolute atomic E-state index is 0.0849. The molecule has 2 rings (SSSR count).